The topological polar surface area (TPSA) is 87.7 Å². The Bertz CT molecular complexity index is 808. The molecule has 2 atom stereocenters. The molecule has 0 aliphatic heterocycles. The van der Waals surface area contributed by atoms with Gasteiger partial charge < -0.3 is 20.3 Å². The molecule has 8 heteroatoms. The second-order valence-corrected chi connectivity index (χ2v) is 10.7. The van der Waals surface area contributed by atoms with Crippen molar-refractivity contribution < 1.29 is 19.1 Å². The van der Waals surface area contributed by atoms with Crippen LogP contribution in [0.1, 0.15) is 96.7 Å². The van der Waals surface area contributed by atoms with E-state index in [-0.39, 0.29) is 17.6 Å². The molecule has 3 amide bonds. The molecule has 0 radical (unpaired) electrons. The molecule has 0 aliphatic carbocycles. The number of hydrogen-bond donors (Lipinski definition) is 3. The Kier molecular flexibility index (Phi) is 14.6. The summed E-state index contributed by atoms with van der Waals surface area (Å²) < 4.78 is 5.36. The van der Waals surface area contributed by atoms with E-state index >= 15 is 0 Å². The molecule has 0 bridgehead atoms. The lowest BCUT2D eigenvalue weighted by Gasteiger charge is -2.34. The predicted octanol–water partition coefficient (Wildman–Crippen LogP) is 5.57. The molecule has 0 fully saturated rings. The number of rotatable bonds is 15. The zero-order valence-electron chi connectivity index (χ0n) is 23.1. The highest BCUT2D eigenvalue weighted by atomic mass is 32.1. The Morgan fingerprint density at radius 1 is 0.972 bits per heavy atom. The molecule has 0 spiro atoms. The first-order valence-electron chi connectivity index (χ1n) is 13.3. The lowest BCUT2D eigenvalue weighted by Crippen LogP contribution is -2.54. The third-order valence-electron chi connectivity index (χ3n) is 5.74. The van der Waals surface area contributed by atoms with E-state index in [0.717, 1.165) is 56.1 Å². The van der Waals surface area contributed by atoms with E-state index in [4.69, 9.17) is 4.74 Å². The first kappa shape index (κ1) is 31.8. The van der Waals surface area contributed by atoms with E-state index in [9.17, 15) is 14.4 Å². The van der Waals surface area contributed by atoms with Crippen molar-refractivity contribution in [3.8, 4) is 0 Å². The SMILES string of the molecule is CCCCCCCN(C(=O)C(CS)NC(=O)OC(C)(C)C)C(C(=O)NCCCC)c1ccc(C)cc1. The highest BCUT2D eigenvalue weighted by molar-refractivity contribution is 7.80. The Labute approximate surface area is 223 Å². The van der Waals surface area contributed by atoms with E-state index in [0.29, 0.717) is 13.1 Å². The van der Waals surface area contributed by atoms with Crippen LogP contribution in [0.5, 0.6) is 0 Å². The lowest BCUT2D eigenvalue weighted by molar-refractivity contribution is -0.142. The molecule has 0 aromatic heterocycles. The normalized spacial score (nSPS) is 13.0. The largest absolute Gasteiger partial charge is 0.444 e. The van der Waals surface area contributed by atoms with Gasteiger partial charge >= 0.3 is 6.09 Å². The van der Waals surface area contributed by atoms with E-state index in [1.54, 1.807) is 25.7 Å². The molecule has 204 valence electrons. The van der Waals surface area contributed by atoms with Gasteiger partial charge in [0.2, 0.25) is 11.8 Å². The van der Waals surface area contributed by atoms with Gasteiger partial charge in [0.05, 0.1) is 0 Å². The monoisotopic (exact) mass is 521 g/mol. The van der Waals surface area contributed by atoms with Crippen LogP contribution in [0.25, 0.3) is 0 Å². The van der Waals surface area contributed by atoms with E-state index in [2.05, 4.69) is 37.1 Å². The van der Waals surface area contributed by atoms with E-state index in [1.807, 2.05) is 31.2 Å². The zero-order chi connectivity index (χ0) is 27.1. The maximum Gasteiger partial charge on any atom is 0.408 e. The molecule has 0 heterocycles. The van der Waals surface area contributed by atoms with Gasteiger partial charge in [0.1, 0.15) is 17.7 Å². The fourth-order valence-electron chi connectivity index (χ4n) is 3.79. The van der Waals surface area contributed by atoms with Crippen LogP contribution in [0.3, 0.4) is 0 Å². The van der Waals surface area contributed by atoms with Gasteiger partial charge in [0.25, 0.3) is 0 Å². The Hall–Kier alpha value is -2.22. The molecule has 1 aromatic rings. The summed E-state index contributed by atoms with van der Waals surface area (Å²) >= 11 is 4.34. The summed E-state index contributed by atoms with van der Waals surface area (Å²) in [5, 5.41) is 5.67. The summed E-state index contributed by atoms with van der Waals surface area (Å²) in [6.07, 6.45) is 6.18. The maximum absolute atomic E-state index is 13.8. The lowest BCUT2D eigenvalue weighted by atomic mass is 10.0. The highest BCUT2D eigenvalue weighted by Gasteiger charge is 2.35. The molecule has 2 unspecified atom stereocenters. The summed E-state index contributed by atoms with van der Waals surface area (Å²) in [6, 6.07) is 5.96. The highest BCUT2D eigenvalue weighted by Crippen LogP contribution is 2.24. The van der Waals surface area contributed by atoms with Crippen molar-refractivity contribution in [3.05, 3.63) is 35.4 Å². The minimum atomic E-state index is -0.921. The van der Waals surface area contributed by atoms with Gasteiger partial charge in [-0.3, -0.25) is 9.59 Å². The molecule has 2 N–H and O–H groups in total. The molecule has 0 aliphatic rings. The van der Waals surface area contributed by atoms with Crippen LogP contribution in [-0.4, -0.2) is 53.3 Å². The molecule has 0 saturated heterocycles. The van der Waals surface area contributed by atoms with Gasteiger partial charge in [0.15, 0.2) is 0 Å². The van der Waals surface area contributed by atoms with Crippen LogP contribution in [0.15, 0.2) is 24.3 Å². The second kappa shape index (κ2) is 16.5. The van der Waals surface area contributed by atoms with Crippen molar-refractivity contribution in [3.63, 3.8) is 0 Å². The first-order valence-corrected chi connectivity index (χ1v) is 13.9. The maximum atomic E-state index is 13.8. The van der Waals surface area contributed by atoms with E-state index in [1.165, 1.54) is 0 Å². The smallest absolute Gasteiger partial charge is 0.408 e. The Morgan fingerprint density at radius 2 is 1.58 bits per heavy atom. The molecule has 36 heavy (non-hydrogen) atoms. The van der Waals surface area contributed by atoms with Crippen molar-refractivity contribution >= 4 is 30.5 Å². The standard InChI is InChI=1S/C28H47N3O4S/c1-7-9-11-12-13-19-31(26(33)23(20-36)30-27(34)35-28(4,5)6)24(25(32)29-18-10-8-2)22-16-14-21(3)15-17-22/h14-17,23-24,36H,7-13,18-20H2,1-6H3,(H,29,32)(H,30,34). The number of nitrogens with one attached hydrogen (secondary N) is 2. The average Bonchev–Trinajstić information content (AvgIpc) is 2.81. The number of hydrogen-bond acceptors (Lipinski definition) is 5. The number of unbranched alkanes of at least 4 members (excludes halogenated alkanes) is 5. The van der Waals surface area contributed by atoms with Crippen LogP contribution < -0.4 is 10.6 Å². The van der Waals surface area contributed by atoms with Crippen LogP contribution >= 0.6 is 12.6 Å². The molecular weight excluding hydrogens is 474 g/mol. The number of carbonyl (C=O) groups is 3. The Morgan fingerprint density at radius 3 is 2.14 bits per heavy atom. The van der Waals surface area contributed by atoms with Gasteiger partial charge in [0, 0.05) is 18.8 Å². The fraction of sp³-hybridized carbons (Fsp3) is 0.679. The molecular formula is C28H47N3O4S. The molecule has 7 nitrogen and oxygen atoms in total. The van der Waals surface area contributed by atoms with Crippen molar-refractivity contribution in [2.45, 2.75) is 104 Å². The minimum absolute atomic E-state index is 0.0858. The van der Waals surface area contributed by atoms with Crippen molar-refractivity contribution in [1.82, 2.24) is 15.5 Å². The predicted molar refractivity (Wildman–Crippen MR) is 149 cm³/mol. The summed E-state index contributed by atoms with van der Waals surface area (Å²) in [7, 11) is 0. The number of thiol groups is 1. The second-order valence-electron chi connectivity index (χ2n) is 10.3. The number of carbonyl (C=O) groups excluding carboxylic acids is 3. The first-order chi connectivity index (χ1) is 17.0. The summed E-state index contributed by atoms with van der Waals surface area (Å²) in [4.78, 5) is 41.4. The minimum Gasteiger partial charge on any atom is -0.444 e. The fourth-order valence-corrected chi connectivity index (χ4v) is 4.04. The van der Waals surface area contributed by atoms with Crippen LogP contribution in [0.4, 0.5) is 4.79 Å². The van der Waals surface area contributed by atoms with Gasteiger partial charge in [-0.05, 0) is 46.1 Å². The average molecular weight is 522 g/mol. The third kappa shape index (κ3) is 11.7. The summed E-state index contributed by atoms with van der Waals surface area (Å²) in [5.74, 6) is -0.477. The number of nitrogens with zero attached hydrogens (tertiary/aromatic N) is 1. The van der Waals surface area contributed by atoms with Gasteiger partial charge in [-0.15, -0.1) is 0 Å². The van der Waals surface area contributed by atoms with Crippen LogP contribution in [0, 0.1) is 6.92 Å². The Balaban J connectivity index is 3.29. The third-order valence-corrected chi connectivity index (χ3v) is 6.11. The van der Waals surface area contributed by atoms with E-state index < -0.39 is 23.8 Å². The number of alkyl carbamates (subject to hydrolysis) is 1. The number of benzene rings is 1. The number of amides is 3. The van der Waals surface area contributed by atoms with Gasteiger partial charge in [-0.25, -0.2) is 4.79 Å². The van der Waals surface area contributed by atoms with Crippen LogP contribution in [0.2, 0.25) is 0 Å². The van der Waals surface area contributed by atoms with Crippen molar-refractivity contribution in [1.29, 1.82) is 0 Å². The van der Waals surface area contributed by atoms with Crippen molar-refractivity contribution in [2.75, 3.05) is 18.8 Å². The van der Waals surface area contributed by atoms with Crippen molar-refractivity contribution in [2.24, 2.45) is 0 Å². The number of ether oxygens (including phenoxy) is 1. The molecule has 1 aromatic carbocycles. The summed E-state index contributed by atoms with van der Waals surface area (Å²) in [6.45, 7) is 12.4. The molecule has 1 rings (SSSR count). The number of aryl methyl sites for hydroxylation is 1. The van der Waals surface area contributed by atoms with Crippen LogP contribution in [-0.2, 0) is 14.3 Å². The van der Waals surface area contributed by atoms with Gasteiger partial charge in [-0.1, -0.05) is 75.8 Å². The zero-order valence-corrected chi connectivity index (χ0v) is 24.0. The summed E-state index contributed by atoms with van der Waals surface area (Å²) in [5.41, 5.74) is 1.12. The quantitative estimate of drug-likeness (QED) is 0.208. The van der Waals surface area contributed by atoms with Gasteiger partial charge in [-0.2, -0.15) is 12.6 Å². The molecule has 0 saturated carbocycles.